The van der Waals surface area contributed by atoms with Crippen molar-refractivity contribution in [1.29, 1.82) is 0 Å². The highest BCUT2D eigenvalue weighted by atomic mass is 16.4. The summed E-state index contributed by atoms with van der Waals surface area (Å²) in [5, 5.41) is 13.6. The fourth-order valence-corrected chi connectivity index (χ4v) is 2.66. The van der Waals surface area contributed by atoms with Gasteiger partial charge in [-0.05, 0) is 12.0 Å². The zero-order valence-electron chi connectivity index (χ0n) is 12.5. The predicted molar refractivity (Wildman–Crippen MR) is 79.6 cm³/mol. The van der Waals surface area contributed by atoms with Crippen molar-refractivity contribution in [3.05, 3.63) is 24.2 Å². The number of fused-ring (bicyclic) bond motifs is 1. The van der Waals surface area contributed by atoms with E-state index < -0.39 is 5.97 Å². The number of aromatic nitrogens is 3. The first-order valence-corrected chi connectivity index (χ1v) is 7.29. The molecule has 21 heavy (non-hydrogen) atoms. The highest BCUT2D eigenvalue weighted by Gasteiger charge is 2.36. The number of nitrogens with zero attached hydrogens (tertiary/aromatic N) is 4. The largest absolute Gasteiger partial charge is 0.481 e. The van der Waals surface area contributed by atoms with E-state index in [0.717, 1.165) is 30.1 Å². The molecule has 0 bridgehead atoms. The Morgan fingerprint density at radius 2 is 2.10 bits per heavy atom. The van der Waals surface area contributed by atoms with Gasteiger partial charge in [-0.3, -0.25) is 4.79 Å². The maximum Gasteiger partial charge on any atom is 0.306 e. The van der Waals surface area contributed by atoms with Crippen molar-refractivity contribution in [1.82, 2.24) is 14.6 Å². The molecule has 0 aromatic carbocycles. The van der Waals surface area contributed by atoms with Gasteiger partial charge in [0, 0.05) is 31.4 Å². The fourth-order valence-electron chi connectivity index (χ4n) is 2.66. The number of carbonyl (C=O) groups is 1. The fraction of sp³-hybridized carbons (Fsp3) is 0.533. The van der Waals surface area contributed by atoms with Gasteiger partial charge in [0.05, 0.1) is 11.6 Å². The molecule has 1 aliphatic rings. The van der Waals surface area contributed by atoms with Crippen LogP contribution in [0.15, 0.2) is 18.5 Å². The van der Waals surface area contributed by atoms with Crippen molar-refractivity contribution in [2.45, 2.75) is 26.7 Å². The number of carboxylic acid groups (broad SMARTS) is 1. The van der Waals surface area contributed by atoms with E-state index in [1.165, 1.54) is 0 Å². The molecule has 1 atom stereocenters. The Bertz CT molecular complexity index is 673. The SMILES string of the molecule is CC(C)c1cc2c(N3CC(C(C)C(=O)O)C3)nccn2n1. The number of rotatable bonds is 4. The lowest BCUT2D eigenvalue weighted by molar-refractivity contribution is -0.143. The molecule has 6 heteroatoms. The van der Waals surface area contributed by atoms with E-state index >= 15 is 0 Å². The minimum absolute atomic E-state index is 0.192. The Kier molecular flexibility index (Phi) is 3.31. The molecular formula is C15H20N4O2. The van der Waals surface area contributed by atoms with Gasteiger partial charge in [-0.25, -0.2) is 9.50 Å². The van der Waals surface area contributed by atoms with E-state index in [1.54, 1.807) is 13.1 Å². The number of hydrogen-bond acceptors (Lipinski definition) is 4. The first-order chi connectivity index (χ1) is 9.97. The molecule has 0 spiro atoms. The number of anilines is 1. The second-order valence-electron chi connectivity index (χ2n) is 6.10. The molecule has 1 fully saturated rings. The van der Waals surface area contributed by atoms with E-state index in [0.29, 0.717) is 5.92 Å². The van der Waals surface area contributed by atoms with Gasteiger partial charge < -0.3 is 10.0 Å². The van der Waals surface area contributed by atoms with Gasteiger partial charge >= 0.3 is 5.97 Å². The molecule has 6 nitrogen and oxygen atoms in total. The zero-order valence-corrected chi connectivity index (χ0v) is 12.5. The molecule has 1 saturated heterocycles. The molecule has 0 radical (unpaired) electrons. The van der Waals surface area contributed by atoms with Gasteiger partial charge in [0.15, 0.2) is 5.82 Å². The molecule has 3 heterocycles. The van der Waals surface area contributed by atoms with Gasteiger partial charge in [0.25, 0.3) is 0 Å². The zero-order chi connectivity index (χ0) is 15.1. The van der Waals surface area contributed by atoms with Gasteiger partial charge in [-0.15, -0.1) is 0 Å². The summed E-state index contributed by atoms with van der Waals surface area (Å²) in [7, 11) is 0. The number of carboxylic acids is 1. The maximum absolute atomic E-state index is 11.0. The normalized spacial score (nSPS) is 17.2. The van der Waals surface area contributed by atoms with Gasteiger partial charge in [0.2, 0.25) is 0 Å². The molecule has 3 rings (SSSR count). The summed E-state index contributed by atoms with van der Waals surface area (Å²) in [6.07, 6.45) is 3.59. The van der Waals surface area contributed by atoms with Crippen LogP contribution in [0, 0.1) is 11.8 Å². The van der Waals surface area contributed by atoms with Gasteiger partial charge in [-0.1, -0.05) is 20.8 Å². The second kappa shape index (κ2) is 5.02. The summed E-state index contributed by atoms with van der Waals surface area (Å²) in [5.41, 5.74) is 2.03. The van der Waals surface area contributed by atoms with Crippen molar-refractivity contribution >= 4 is 17.3 Å². The lowest BCUT2D eigenvalue weighted by Crippen LogP contribution is -2.51. The smallest absolute Gasteiger partial charge is 0.306 e. The molecular weight excluding hydrogens is 268 g/mol. The first-order valence-electron chi connectivity index (χ1n) is 7.29. The molecule has 2 aromatic rings. The predicted octanol–water partition coefficient (Wildman–Crippen LogP) is 2.01. The molecule has 0 aliphatic carbocycles. The van der Waals surface area contributed by atoms with Crippen molar-refractivity contribution in [3.8, 4) is 0 Å². The Morgan fingerprint density at radius 3 is 2.71 bits per heavy atom. The second-order valence-corrected chi connectivity index (χ2v) is 6.10. The van der Waals surface area contributed by atoms with Crippen molar-refractivity contribution in [2.75, 3.05) is 18.0 Å². The van der Waals surface area contributed by atoms with E-state index in [9.17, 15) is 4.79 Å². The maximum atomic E-state index is 11.0. The van der Waals surface area contributed by atoms with Crippen LogP contribution in [0.5, 0.6) is 0 Å². The van der Waals surface area contributed by atoms with Crippen LogP contribution in [0.4, 0.5) is 5.82 Å². The summed E-state index contributed by atoms with van der Waals surface area (Å²) in [6, 6.07) is 2.07. The monoisotopic (exact) mass is 288 g/mol. The minimum atomic E-state index is -0.725. The van der Waals surface area contributed by atoms with Crippen LogP contribution in [-0.2, 0) is 4.79 Å². The summed E-state index contributed by atoms with van der Waals surface area (Å²) < 4.78 is 1.85. The van der Waals surface area contributed by atoms with Gasteiger partial charge in [-0.2, -0.15) is 5.10 Å². The van der Waals surface area contributed by atoms with Crippen molar-refractivity contribution in [3.63, 3.8) is 0 Å². The van der Waals surface area contributed by atoms with E-state index in [-0.39, 0.29) is 11.8 Å². The van der Waals surface area contributed by atoms with Crippen LogP contribution in [0.1, 0.15) is 32.4 Å². The Hall–Kier alpha value is -2.11. The minimum Gasteiger partial charge on any atom is -0.481 e. The summed E-state index contributed by atoms with van der Waals surface area (Å²) in [6.45, 7) is 7.48. The van der Waals surface area contributed by atoms with Crippen molar-refractivity contribution in [2.24, 2.45) is 11.8 Å². The molecule has 0 amide bonds. The van der Waals surface area contributed by atoms with Crippen LogP contribution in [0.25, 0.3) is 5.52 Å². The Labute approximate surface area is 123 Å². The third kappa shape index (κ3) is 2.34. The lowest BCUT2D eigenvalue weighted by atomic mass is 9.87. The van der Waals surface area contributed by atoms with Crippen LogP contribution < -0.4 is 4.90 Å². The van der Waals surface area contributed by atoms with Gasteiger partial charge in [0.1, 0.15) is 5.52 Å². The highest BCUT2D eigenvalue weighted by Crippen LogP contribution is 2.31. The standard InChI is InChI=1S/C15H20N4O2/c1-9(2)12-6-13-14(16-4-5-19(13)17-12)18-7-11(8-18)10(3)15(20)21/h4-6,9-11H,7-8H2,1-3H3,(H,20,21). The van der Waals surface area contributed by atoms with E-state index in [1.807, 2.05) is 10.7 Å². The Morgan fingerprint density at radius 1 is 1.38 bits per heavy atom. The van der Waals surface area contributed by atoms with E-state index in [2.05, 4.69) is 34.9 Å². The summed E-state index contributed by atoms with van der Waals surface area (Å²) in [4.78, 5) is 17.6. The molecule has 1 N–H and O–H groups in total. The lowest BCUT2D eigenvalue weighted by Gasteiger charge is -2.42. The van der Waals surface area contributed by atoms with Crippen LogP contribution in [0.3, 0.4) is 0 Å². The summed E-state index contributed by atoms with van der Waals surface area (Å²) >= 11 is 0. The number of hydrogen-bond donors (Lipinski definition) is 1. The average molecular weight is 288 g/mol. The average Bonchev–Trinajstić information content (AvgIpc) is 2.81. The van der Waals surface area contributed by atoms with Crippen molar-refractivity contribution < 1.29 is 9.90 Å². The Balaban J connectivity index is 1.84. The molecule has 2 aromatic heterocycles. The van der Waals surface area contributed by atoms with Crippen LogP contribution >= 0.6 is 0 Å². The molecule has 1 unspecified atom stereocenters. The van der Waals surface area contributed by atoms with Crippen LogP contribution in [-0.4, -0.2) is 38.8 Å². The molecule has 112 valence electrons. The van der Waals surface area contributed by atoms with Crippen LogP contribution in [0.2, 0.25) is 0 Å². The highest BCUT2D eigenvalue weighted by molar-refractivity contribution is 5.73. The molecule has 0 saturated carbocycles. The number of aliphatic carboxylic acids is 1. The van der Waals surface area contributed by atoms with E-state index in [4.69, 9.17) is 5.11 Å². The first kappa shape index (κ1) is 13.9. The third-order valence-corrected chi connectivity index (χ3v) is 4.29. The topological polar surface area (TPSA) is 70.7 Å². The molecule has 1 aliphatic heterocycles. The summed E-state index contributed by atoms with van der Waals surface area (Å²) in [5.74, 6) is 0.422. The quantitative estimate of drug-likeness (QED) is 0.932. The third-order valence-electron chi connectivity index (χ3n) is 4.29.